The molecule has 0 radical (unpaired) electrons. The first-order valence-corrected chi connectivity index (χ1v) is 5.98. The number of likely N-dealkylation sites (tertiary alicyclic amines) is 1. The number of rotatable bonds is 1. The van der Waals surface area contributed by atoms with Gasteiger partial charge in [-0.05, 0) is 12.8 Å². The molecule has 92 valence electrons. The summed E-state index contributed by atoms with van der Waals surface area (Å²) in [5.74, 6) is -2.86. The van der Waals surface area contributed by atoms with E-state index in [1.807, 2.05) is 0 Å². The zero-order valence-electron chi connectivity index (χ0n) is 9.35. The fourth-order valence-electron chi connectivity index (χ4n) is 2.40. The molecule has 1 N–H and O–H groups in total. The lowest BCUT2D eigenvalue weighted by Gasteiger charge is -2.23. The molecule has 0 saturated carbocycles. The maximum Gasteiger partial charge on any atom is 0.262 e. The van der Waals surface area contributed by atoms with E-state index < -0.39 is 12.0 Å². The van der Waals surface area contributed by atoms with Crippen LogP contribution in [0, 0.1) is 0 Å². The van der Waals surface area contributed by atoms with Crippen molar-refractivity contribution in [3.05, 3.63) is 0 Å². The summed E-state index contributed by atoms with van der Waals surface area (Å²) < 4.78 is 25.9. The molecular formula is C11H18F2N2O. The molecule has 0 bridgehead atoms. The summed E-state index contributed by atoms with van der Waals surface area (Å²) in [5.41, 5.74) is 0. The van der Waals surface area contributed by atoms with Gasteiger partial charge in [0.05, 0.1) is 12.6 Å². The molecule has 1 atom stereocenters. The third-order valence-corrected chi connectivity index (χ3v) is 3.33. The summed E-state index contributed by atoms with van der Waals surface area (Å²) >= 11 is 0. The van der Waals surface area contributed by atoms with Gasteiger partial charge in [0.2, 0.25) is 5.91 Å². The summed E-state index contributed by atoms with van der Waals surface area (Å²) in [6, 6.07) is -0.673. The average Bonchev–Trinajstić information content (AvgIpc) is 2.48. The lowest BCUT2D eigenvalue weighted by molar-refractivity contribution is -0.133. The van der Waals surface area contributed by atoms with Crippen LogP contribution in [0.15, 0.2) is 0 Å². The number of nitrogens with one attached hydrogen (secondary N) is 1. The fourth-order valence-corrected chi connectivity index (χ4v) is 2.40. The van der Waals surface area contributed by atoms with E-state index in [0.29, 0.717) is 0 Å². The predicted octanol–water partition coefficient (Wildman–Crippen LogP) is 1.39. The summed E-state index contributed by atoms with van der Waals surface area (Å²) in [6.07, 6.45) is 3.92. The third-order valence-electron chi connectivity index (χ3n) is 3.33. The van der Waals surface area contributed by atoms with Crippen LogP contribution in [0.4, 0.5) is 8.78 Å². The number of nitrogens with zero attached hydrogens (tertiary/aromatic N) is 1. The van der Waals surface area contributed by atoms with Crippen LogP contribution in [0.3, 0.4) is 0 Å². The van der Waals surface area contributed by atoms with Gasteiger partial charge in [-0.1, -0.05) is 12.8 Å². The second-order valence-electron chi connectivity index (χ2n) is 4.73. The predicted molar refractivity (Wildman–Crippen MR) is 56.4 cm³/mol. The van der Waals surface area contributed by atoms with Gasteiger partial charge < -0.3 is 4.90 Å². The number of amides is 1. The summed E-state index contributed by atoms with van der Waals surface area (Å²) in [4.78, 5) is 13.7. The Labute approximate surface area is 94.2 Å². The van der Waals surface area contributed by atoms with Crippen molar-refractivity contribution in [3.8, 4) is 0 Å². The van der Waals surface area contributed by atoms with E-state index in [1.165, 1.54) is 0 Å². The summed E-state index contributed by atoms with van der Waals surface area (Å²) in [6.45, 7) is 1.09. The average molecular weight is 232 g/mol. The number of carbonyl (C=O) groups excluding carboxylic acids is 1. The highest BCUT2D eigenvalue weighted by Gasteiger charge is 2.43. The molecule has 2 aliphatic heterocycles. The normalized spacial score (nSPS) is 30.1. The number of halogens is 2. The standard InChI is InChI=1S/C11H18F2N2O/c12-11(13)7-9(14-8-11)10(16)15-5-3-1-2-4-6-15/h9,14H,1-8H2. The van der Waals surface area contributed by atoms with E-state index in [2.05, 4.69) is 5.32 Å². The lowest BCUT2D eigenvalue weighted by Crippen LogP contribution is -2.44. The summed E-state index contributed by atoms with van der Waals surface area (Å²) in [5, 5.41) is 2.62. The van der Waals surface area contributed by atoms with Gasteiger partial charge in [0.1, 0.15) is 0 Å². The second-order valence-corrected chi connectivity index (χ2v) is 4.73. The van der Waals surface area contributed by atoms with Crippen LogP contribution in [0.25, 0.3) is 0 Å². The van der Waals surface area contributed by atoms with Crippen molar-refractivity contribution in [2.24, 2.45) is 0 Å². The van der Waals surface area contributed by atoms with Crippen LogP contribution < -0.4 is 5.32 Å². The largest absolute Gasteiger partial charge is 0.341 e. The Morgan fingerprint density at radius 2 is 1.81 bits per heavy atom. The molecule has 1 unspecified atom stereocenters. The van der Waals surface area contributed by atoms with Gasteiger partial charge >= 0.3 is 0 Å². The van der Waals surface area contributed by atoms with E-state index in [1.54, 1.807) is 4.90 Å². The molecule has 2 fully saturated rings. The number of alkyl halides is 2. The zero-order chi connectivity index (χ0) is 11.6. The van der Waals surface area contributed by atoms with Crippen molar-refractivity contribution in [3.63, 3.8) is 0 Å². The molecule has 2 saturated heterocycles. The van der Waals surface area contributed by atoms with Crippen LogP contribution in [0.1, 0.15) is 32.1 Å². The molecule has 0 spiro atoms. The lowest BCUT2D eigenvalue weighted by atomic mass is 10.1. The summed E-state index contributed by atoms with van der Waals surface area (Å²) in [7, 11) is 0. The first-order chi connectivity index (χ1) is 7.58. The molecule has 1 amide bonds. The fraction of sp³-hybridized carbons (Fsp3) is 0.909. The molecule has 3 nitrogen and oxygen atoms in total. The Hall–Kier alpha value is -0.710. The Morgan fingerprint density at radius 1 is 1.19 bits per heavy atom. The zero-order valence-corrected chi connectivity index (χ0v) is 9.35. The monoisotopic (exact) mass is 232 g/mol. The third kappa shape index (κ3) is 2.70. The highest BCUT2D eigenvalue weighted by molar-refractivity contribution is 5.82. The first-order valence-electron chi connectivity index (χ1n) is 5.98. The molecule has 0 aromatic carbocycles. The van der Waals surface area contributed by atoms with Gasteiger partial charge in [0.25, 0.3) is 5.92 Å². The number of hydrogen-bond acceptors (Lipinski definition) is 2. The van der Waals surface area contributed by atoms with Crippen LogP contribution in [0.2, 0.25) is 0 Å². The minimum atomic E-state index is -2.72. The van der Waals surface area contributed by atoms with Crippen LogP contribution in [-0.2, 0) is 4.79 Å². The van der Waals surface area contributed by atoms with Crippen LogP contribution >= 0.6 is 0 Å². The van der Waals surface area contributed by atoms with E-state index in [0.717, 1.165) is 38.8 Å². The molecular weight excluding hydrogens is 214 g/mol. The second kappa shape index (κ2) is 4.65. The topological polar surface area (TPSA) is 32.3 Å². The maximum absolute atomic E-state index is 13.0. The number of hydrogen-bond donors (Lipinski definition) is 1. The smallest absolute Gasteiger partial charge is 0.262 e. The first kappa shape index (κ1) is 11.8. The highest BCUT2D eigenvalue weighted by Crippen LogP contribution is 2.26. The van der Waals surface area contributed by atoms with Gasteiger partial charge in [-0.25, -0.2) is 8.78 Å². The van der Waals surface area contributed by atoms with Gasteiger partial charge in [-0.2, -0.15) is 0 Å². The quantitative estimate of drug-likeness (QED) is 0.741. The molecule has 5 heteroatoms. The van der Waals surface area contributed by atoms with Gasteiger partial charge in [-0.15, -0.1) is 0 Å². The molecule has 2 heterocycles. The molecule has 16 heavy (non-hydrogen) atoms. The molecule has 2 aliphatic rings. The van der Waals surface area contributed by atoms with Crippen molar-refractivity contribution in [1.29, 1.82) is 0 Å². The Balaban J connectivity index is 1.91. The van der Waals surface area contributed by atoms with Crippen molar-refractivity contribution < 1.29 is 13.6 Å². The van der Waals surface area contributed by atoms with E-state index in [9.17, 15) is 13.6 Å². The van der Waals surface area contributed by atoms with E-state index in [-0.39, 0.29) is 18.9 Å². The Bertz CT molecular complexity index is 256. The van der Waals surface area contributed by atoms with E-state index >= 15 is 0 Å². The molecule has 2 rings (SSSR count). The van der Waals surface area contributed by atoms with Crippen LogP contribution in [0.5, 0.6) is 0 Å². The highest BCUT2D eigenvalue weighted by atomic mass is 19.3. The van der Waals surface area contributed by atoms with Crippen molar-refractivity contribution in [1.82, 2.24) is 10.2 Å². The van der Waals surface area contributed by atoms with Crippen LogP contribution in [-0.4, -0.2) is 42.4 Å². The molecule has 0 aromatic rings. The minimum Gasteiger partial charge on any atom is -0.341 e. The van der Waals surface area contributed by atoms with E-state index in [4.69, 9.17) is 0 Å². The van der Waals surface area contributed by atoms with Crippen molar-refractivity contribution >= 4 is 5.91 Å². The van der Waals surface area contributed by atoms with Gasteiger partial charge in [0.15, 0.2) is 0 Å². The Morgan fingerprint density at radius 3 is 2.31 bits per heavy atom. The van der Waals surface area contributed by atoms with Crippen molar-refractivity contribution in [2.75, 3.05) is 19.6 Å². The minimum absolute atomic E-state index is 0.140. The van der Waals surface area contributed by atoms with Gasteiger partial charge in [0, 0.05) is 19.5 Å². The van der Waals surface area contributed by atoms with Crippen molar-refractivity contribution in [2.45, 2.75) is 44.1 Å². The SMILES string of the molecule is O=C(C1CC(F)(F)CN1)N1CCCCCC1. The maximum atomic E-state index is 13.0. The van der Waals surface area contributed by atoms with Gasteiger partial charge in [-0.3, -0.25) is 10.1 Å². The number of carbonyl (C=O) groups is 1. The molecule has 0 aromatic heterocycles. The Kier molecular flexibility index (Phi) is 3.42. The molecule has 0 aliphatic carbocycles.